The van der Waals surface area contributed by atoms with E-state index in [-0.39, 0.29) is 11.5 Å². The molecule has 1 heterocycles. The number of nitrogens with zero attached hydrogens (tertiary/aromatic N) is 1. The van der Waals surface area contributed by atoms with Gasteiger partial charge in [0.25, 0.3) is 0 Å². The number of aliphatic imine (C=N–C) groups is 1. The summed E-state index contributed by atoms with van der Waals surface area (Å²) in [6.45, 7) is 0. The van der Waals surface area contributed by atoms with Crippen LogP contribution in [0.2, 0.25) is 0 Å². The van der Waals surface area contributed by atoms with Gasteiger partial charge in [-0.05, 0) is 18.4 Å². The van der Waals surface area contributed by atoms with Crippen molar-refractivity contribution in [3.63, 3.8) is 0 Å². The lowest BCUT2D eigenvalue weighted by Crippen LogP contribution is -2.20. The molecule has 1 aromatic carbocycles. The number of rotatable bonds is 1. The summed E-state index contributed by atoms with van der Waals surface area (Å²) < 4.78 is 10.1. The summed E-state index contributed by atoms with van der Waals surface area (Å²) >= 11 is 1.31. The van der Waals surface area contributed by atoms with Crippen molar-refractivity contribution in [3.05, 3.63) is 35.7 Å². The third kappa shape index (κ3) is 2.19. The minimum atomic E-state index is -0.562. The van der Waals surface area contributed by atoms with E-state index in [1.165, 1.54) is 18.9 Å². The summed E-state index contributed by atoms with van der Waals surface area (Å²) in [6.07, 6.45) is 1.81. The van der Waals surface area contributed by atoms with Crippen LogP contribution in [0.4, 0.5) is 5.69 Å². The number of hydrogen-bond donors (Lipinski definition) is 1. The number of esters is 1. The van der Waals surface area contributed by atoms with Crippen LogP contribution in [0.25, 0.3) is 0 Å². The van der Waals surface area contributed by atoms with Gasteiger partial charge in [0.05, 0.1) is 7.11 Å². The molecule has 0 saturated carbocycles. The van der Waals surface area contributed by atoms with E-state index in [1.54, 1.807) is 12.1 Å². The number of methoxy groups -OCH3 is 1. The van der Waals surface area contributed by atoms with E-state index >= 15 is 0 Å². The zero-order valence-corrected chi connectivity index (χ0v) is 10.8. The Labute approximate surface area is 109 Å². The summed E-state index contributed by atoms with van der Waals surface area (Å²) in [7, 11) is 1.29. The van der Waals surface area contributed by atoms with Gasteiger partial charge in [-0.15, -0.1) is 11.8 Å². The third-order valence-electron chi connectivity index (χ3n) is 2.35. The molecule has 0 unspecified atom stereocenters. The summed E-state index contributed by atoms with van der Waals surface area (Å²) in [5, 5.41) is 0.476. The minimum absolute atomic E-state index is 0.0000926. The maximum Gasteiger partial charge on any atom is 0.346 e. The molecule has 0 bridgehead atoms. The number of benzene rings is 1. The monoisotopic (exact) mass is 264 g/mol. The van der Waals surface area contributed by atoms with Gasteiger partial charge < -0.3 is 15.2 Å². The molecule has 18 heavy (non-hydrogen) atoms. The van der Waals surface area contributed by atoms with Crippen molar-refractivity contribution >= 4 is 28.5 Å². The Hall–Kier alpha value is -1.95. The first-order valence-corrected chi connectivity index (χ1v) is 6.38. The molecule has 0 fully saturated rings. The highest BCUT2D eigenvalue weighted by Gasteiger charge is 2.25. The first-order valence-electron chi connectivity index (χ1n) is 5.15. The molecule has 0 saturated heterocycles. The second-order valence-electron chi connectivity index (χ2n) is 3.42. The Morgan fingerprint density at radius 3 is 2.83 bits per heavy atom. The van der Waals surface area contributed by atoms with Crippen molar-refractivity contribution in [1.29, 1.82) is 0 Å². The van der Waals surface area contributed by atoms with Gasteiger partial charge in [0.15, 0.2) is 11.3 Å². The van der Waals surface area contributed by atoms with Crippen LogP contribution in [0.1, 0.15) is 0 Å². The highest BCUT2D eigenvalue weighted by atomic mass is 32.2. The number of fused-ring (bicyclic) bond motifs is 1. The van der Waals surface area contributed by atoms with Crippen molar-refractivity contribution in [3.8, 4) is 5.75 Å². The van der Waals surface area contributed by atoms with Crippen LogP contribution in [0.15, 0.2) is 40.7 Å². The molecule has 0 atom stereocenters. The zero-order chi connectivity index (χ0) is 13.1. The topological polar surface area (TPSA) is 73.9 Å². The average Bonchev–Trinajstić information content (AvgIpc) is 2.53. The van der Waals surface area contributed by atoms with Gasteiger partial charge in [-0.3, -0.25) is 0 Å². The van der Waals surface area contributed by atoms with E-state index < -0.39 is 5.97 Å². The first kappa shape index (κ1) is 12.5. The second-order valence-corrected chi connectivity index (χ2v) is 4.22. The molecule has 2 N–H and O–H groups in total. The standard InChI is InChI=1S/C12H12N2O3S/c1-16-12(15)9-10(13)17-8-6-4-3-5-7(8)14-11(9)18-2/h3-6H,13H2,1-2H3. The van der Waals surface area contributed by atoms with Gasteiger partial charge in [0.2, 0.25) is 5.88 Å². The van der Waals surface area contributed by atoms with E-state index in [2.05, 4.69) is 4.99 Å². The molecule has 0 spiro atoms. The summed E-state index contributed by atoms with van der Waals surface area (Å²) in [6, 6.07) is 7.18. The lowest BCUT2D eigenvalue weighted by Gasteiger charge is -2.08. The Morgan fingerprint density at radius 2 is 2.17 bits per heavy atom. The highest BCUT2D eigenvalue weighted by Crippen LogP contribution is 2.33. The Kier molecular flexibility index (Phi) is 3.57. The maximum atomic E-state index is 11.7. The van der Waals surface area contributed by atoms with E-state index in [0.717, 1.165) is 0 Å². The van der Waals surface area contributed by atoms with Crippen LogP contribution in [0.5, 0.6) is 5.75 Å². The van der Waals surface area contributed by atoms with Crippen molar-refractivity contribution in [2.75, 3.05) is 13.4 Å². The maximum absolute atomic E-state index is 11.7. The zero-order valence-electron chi connectivity index (χ0n) is 9.97. The number of hydrogen-bond acceptors (Lipinski definition) is 6. The number of carbonyl (C=O) groups excluding carboxylic acids is 1. The number of ether oxygens (including phenoxy) is 2. The van der Waals surface area contributed by atoms with Crippen LogP contribution in [-0.2, 0) is 9.53 Å². The van der Waals surface area contributed by atoms with Crippen molar-refractivity contribution in [2.45, 2.75) is 0 Å². The summed E-state index contributed by atoms with van der Waals surface area (Å²) in [5.74, 6) is -0.0474. The smallest absolute Gasteiger partial charge is 0.346 e. The fourth-order valence-electron chi connectivity index (χ4n) is 1.51. The van der Waals surface area contributed by atoms with Crippen molar-refractivity contribution < 1.29 is 14.3 Å². The van der Waals surface area contributed by atoms with Crippen LogP contribution < -0.4 is 10.5 Å². The average molecular weight is 264 g/mol. The molecular formula is C12H12N2O3S. The largest absolute Gasteiger partial charge is 0.465 e. The molecule has 1 aliphatic rings. The lowest BCUT2D eigenvalue weighted by atomic mass is 10.3. The SMILES string of the molecule is COC(=O)C1=C(N)Oc2ccccc2N=C1SC. The molecule has 94 valence electrons. The van der Waals surface area contributed by atoms with Crippen molar-refractivity contribution in [1.82, 2.24) is 0 Å². The van der Waals surface area contributed by atoms with Crippen LogP contribution >= 0.6 is 11.8 Å². The molecule has 1 aromatic rings. The molecular weight excluding hydrogens is 252 g/mol. The predicted octanol–water partition coefficient (Wildman–Crippen LogP) is 1.82. The fraction of sp³-hybridized carbons (Fsp3) is 0.167. The quantitative estimate of drug-likeness (QED) is 0.783. The van der Waals surface area contributed by atoms with Gasteiger partial charge >= 0.3 is 5.97 Å². The van der Waals surface area contributed by atoms with Crippen LogP contribution in [0.3, 0.4) is 0 Å². The van der Waals surface area contributed by atoms with E-state index in [1.807, 2.05) is 18.4 Å². The van der Waals surface area contributed by atoms with Gasteiger partial charge in [-0.2, -0.15) is 0 Å². The van der Waals surface area contributed by atoms with Gasteiger partial charge in [-0.1, -0.05) is 12.1 Å². The predicted molar refractivity (Wildman–Crippen MR) is 70.9 cm³/mol. The molecule has 0 aliphatic carbocycles. The van der Waals surface area contributed by atoms with E-state index in [4.69, 9.17) is 15.2 Å². The minimum Gasteiger partial charge on any atom is -0.465 e. The summed E-state index contributed by atoms with van der Waals surface area (Å²) in [4.78, 5) is 16.1. The second kappa shape index (κ2) is 5.14. The molecule has 2 rings (SSSR count). The molecule has 5 nitrogen and oxygen atoms in total. The lowest BCUT2D eigenvalue weighted by molar-refractivity contribution is -0.135. The molecule has 0 aromatic heterocycles. The molecule has 6 heteroatoms. The van der Waals surface area contributed by atoms with E-state index in [0.29, 0.717) is 16.5 Å². The fourth-order valence-corrected chi connectivity index (χ4v) is 2.09. The Bertz CT molecular complexity index is 552. The molecule has 0 amide bonds. The molecule has 1 aliphatic heterocycles. The number of thioether (sulfide) groups is 1. The Morgan fingerprint density at radius 1 is 1.44 bits per heavy atom. The normalized spacial score (nSPS) is 14.2. The number of nitrogens with two attached hydrogens (primary N) is 1. The number of carbonyl (C=O) groups is 1. The Balaban J connectivity index is 2.58. The van der Waals surface area contributed by atoms with Gasteiger partial charge in [-0.25, -0.2) is 9.79 Å². The highest BCUT2D eigenvalue weighted by molar-refractivity contribution is 8.14. The van der Waals surface area contributed by atoms with Crippen molar-refractivity contribution in [2.24, 2.45) is 10.7 Å². The third-order valence-corrected chi connectivity index (χ3v) is 3.03. The molecule has 0 radical (unpaired) electrons. The van der Waals surface area contributed by atoms with Gasteiger partial charge in [0.1, 0.15) is 10.7 Å². The first-order chi connectivity index (χ1) is 8.67. The van der Waals surface area contributed by atoms with Crippen LogP contribution in [0, 0.1) is 0 Å². The van der Waals surface area contributed by atoms with Crippen LogP contribution in [-0.4, -0.2) is 24.4 Å². The van der Waals surface area contributed by atoms with Gasteiger partial charge in [0, 0.05) is 0 Å². The van der Waals surface area contributed by atoms with E-state index in [9.17, 15) is 4.79 Å². The summed E-state index contributed by atoms with van der Waals surface area (Å²) in [5.41, 5.74) is 6.58. The number of para-hydroxylation sites is 2.